The Hall–Kier alpha value is -1.85. The Bertz CT molecular complexity index is 710. The topological polar surface area (TPSA) is 64.4 Å². The van der Waals surface area contributed by atoms with Crippen LogP contribution in [0.2, 0.25) is 0 Å². The molecule has 1 aliphatic heterocycles. The highest BCUT2D eigenvalue weighted by atomic mass is 35.5. The molecule has 0 aliphatic carbocycles. The zero-order valence-corrected chi connectivity index (χ0v) is 12.5. The first-order chi connectivity index (χ1) is 9.91. The summed E-state index contributed by atoms with van der Waals surface area (Å²) >= 11 is 6.95. The second-order valence-electron chi connectivity index (χ2n) is 5.48. The second kappa shape index (κ2) is 4.58. The molecule has 1 atom stereocenters. The van der Waals surface area contributed by atoms with Crippen LogP contribution in [0.25, 0.3) is 0 Å². The van der Waals surface area contributed by atoms with Crippen molar-refractivity contribution < 1.29 is 14.6 Å². The average molecular weight is 307 g/mol. The Morgan fingerprint density at radius 3 is 2.81 bits per heavy atom. The summed E-state index contributed by atoms with van der Waals surface area (Å²) in [4.78, 5) is 15.0. The van der Waals surface area contributed by atoms with Crippen molar-refractivity contribution >= 4 is 17.6 Å². The van der Waals surface area contributed by atoms with Gasteiger partial charge in [-0.3, -0.25) is 0 Å². The van der Waals surface area contributed by atoms with E-state index in [0.717, 1.165) is 0 Å². The van der Waals surface area contributed by atoms with Gasteiger partial charge >= 0.3 is 5.97 Å². The summed E-state index contributed by atoms with van der Waals surface area (Å²) in [6, 6.07) is 7.06. The standard InChI is InChI=1S/C15H15ClN2O3/c1-14(2)15(16,18-9-17-7-10(18)8-19)12-6-4-3-5-11(12)13(20)21-14/h3-7,9,19H,8H2,1-2H3/t15-/m1/s1. The van der Waals surface area contributed by atoms with Crippen molar-refractivity contribution in [2.45, 2.75) is 31.1 Å². The molecule has 0 fully saturated rings. The summed E-state index contributed by atoms with van der Waals surface area (Å²) < 4.78 is 7.19. The van der Waals surface area contributed by atoms with Gasteiger partial charge in [0.15, 0.2) is 5.00 Å². The lowest BCUT2D eigenvalue weighted by Gasteiger charge is -2.46. The quantitative estimate of drug-likeness (QED) is 0.683. The zero-order valence-electron chi connectivity index (χ0n) is 11.7. The first-order valence-electron chi connectivity index (χ1n) is 6.56. The second-order valence-corrected chi connectivity index (χ2v) is 6.03. The fourth-order valence-electron chi connectivity index (χ4n) is 2.77. The molecular formula is C15H15ClN2O3. The fraction of sp³-hybridized carbons (Fsp3) is 0.333. The molecule has 0 unspecified atom stereocenters. The van der Waals surface area contributed by atoms with E-state index in [0.29, 0.717) is 16.8 Å². The van der Waals surface area contributed by atoms with E-state index in [4.69, 9.17) is 16.3 Å². The van der Waals surface area contributed by atoms with Crippen LogP contribution in [0.4, 0.5) is 0 Å². The van der Waals surface area contributed by atoms with E-state index in [1.807, 2.05) is 6.07 Å². The summed E-state index contributed by atoms with van der Waals surface area (Å²) in [6.07, 6.45) is 3.08. The van der Waals surface area contributed by atoms with Crippen molar-refractivity contribution in [3.63, 3.8) is 0 Å². The minimum absolute atomic E-state index is 0.208. The van der Waals surface area contributed by atoms with E-state index in [2.05, 4.69) is 4.98 Å². The molecule has 6 heteroatoms. The molecule has 1 aromatic carbocycles. The lowest BCUT2D eigenvalue weighted by molar-refractivity contribution is -0.0386. The third-order valence-corrected chi connectivity index (χ3v) is 4.70. The van der Waals surface area contributed by atoms with Crippen molar-refractivity contribution in [2.75, 3.05) is 0 Å². The molecule has 5 nitrogen and oxygen atoms in total. The molecule has 0 amide bonds. The maximum atomic E-state index is 12.2. The number of hydrogen-bond acceptors (Lipinski definition) is 4. The maximum absolute atomic E-state index is 12.2. The monoisotopic (exact) mass is 306 g/mol. The van der Waals surface area contributed by atoms with E-state index in [1.165, 1.54) is 6.33 Å². The molecule has 2 heterocycles. The highest BCUT2D eigenvalue weighted by Crippen LogP contribution is 2.48. The molecule has 0 spiro atoms. The third-order valence-electron chi connectivity index (χ3n) is 3.86. The Kier molecular flexibility index (Phi) is 3.07. The first-order valence-corrected chi connectivity index (χ1v) is 6.94. The number of ether oxygens (including phenoxy) is 1. The number of carbonyl (C=O) groups is 1. The highest BCUT2D eigenvalue weighted by molar-refractivity contribution is 6.26. The highest BCUT2D eigenvalue weighted by Gasteiger charge is 2.55. The number of aliphatic hydroxyl groups is 1. The smallest absolute Gasteiger partial charge is 0.339 e. The normalized spacial score (nSPS) is 23.5. The maximum Gasteiger partial charge on any atom is 0.339 e. The van der Waals surface area contributed by atoms with Crippen molar-refractivity contribution in [2.24, 2.45) is 0 Å². The van der Waals surface area contributed by atoms with Crippen molar-refractivity contribution in [3.05, 3.63) is 53.6 Å². The van der Waals surface area contributed by atoms with E-state index >= 15 is 0 Å². The minimum Gasteiger partial charge on any atom is -0.452 e. The molecule has 0 bridgehead atoms. The summed E-state index contributed by atoms with van der Waals surface area (Å²) in [5.74, 6) is -0.405. The molecular weight excluding hydrogens is 292 g/mol. The van der Waals surface area contributed by atoms with Gasteiger partial charge in [0, 0.05) is 5.56 Å². The lowest BCUT2D eigenvalue weighted by atomic mass is 9.84. The predicted octanol–water partition coefficient (Wildman–Crippen LogP) is 2.26. The molecule has 0 saturated heterocycles. The van der Waals surface area contributed by atoms with Crippen LogP contribution in [0.15, 0.2) is 36.8 Å². The summed E-state index contributed by atoms with van der Waals surface area (Å²) in [7, 11) is 0. The predicted molar refractivity (Wildman–Crippen MR) is 77.0 cm³/mol. The molecule has 3 rings (SSSR count). The van der Waals surface area contributed by atoms with Gasteiger partial charge in [0.05, 0.1) is 30.4 Å². The van der Waals surface area contributed by atoms with Gasteiger partial charge in [-0.1, -0.05) is 29.8 Å². The van der Waals surface area contributed by atoms with Gasteiger partial charge in [0.25, 0.3) is 0 Å². The van der Waals surface area contributed by atoms with Gasteiger partial charge < -0.3 is 14.4 Å². The number of nitrogens with zero attached hydrogens (tertiary/aromatic N) is 2. The molecule has 1 aromatic heterocycles. The molecule has 110 valence electrons. The number of hydrogen-bond donors (Lipinski definition) is 1. The number of alkyl halides is 1. The molecule has 1 N–H and O–H groups in total. The van der Waals surface area contributed by atoms with Crippen LogP contribution in [0, 0.1) is 0 Å². The Morgan fingerprint density at radius 2 is 2.10 bits per heavy atom. The Morgan fingerprint density at radius 1 is 1.38 bits per heavy atom. The largest absolute Gasteiger partial charge is 0.452 e. The van der Waals surface area contributed by atoms with Crippen LogP contribution >= 0.6 is 11.6 Å². The number of cyclic esters (lactones) is 1. The fourth-order valence-corrected chi connectivity index (χ4v) is 3.12. The van der Waals surface area contributed by atoms with Crippen LogP contribution in [0.5, 0.6) is 0 Å². The van der Waals surface area contributed by atoms with Gasteiger partial charge in [-0.05, 0) is 19.9 Å². The number of imidazole rings is 1. The van der Waals surface area contributed by atoms with Crippen LogP contribution in [-0.2, 0) is 16.3 Å². The van der Waals surface area contributed by atoms with Crippen LogP contribution in [0.1, 0.15) is 35.5 Å². The van der Waals surface area contributed by atoms with Gasteiger partial charge in [0.2, 0.25) is 0 Å². The number of rotatable bonds is 2. The van der Waals surface area contributed by atoms with Crippen molar-refractivity contribution in [1.29, 1.82) is 0 Å². The van der Waals surface area contributed by atoms with Gasteiger partial charge in [-0.2, -0.15) is 0 Å². The van der Waals surface area contributed by atoms with Gasteiger partial charge in [-0.25, -0.2) is 9.78 Å². The zero-order chi connectivity index (χ0) is 15.3. The molecule has 0 radical (unpaired) electrons. The summed E-state index contributed by atoms with van der Waals surface area (Å²) in [6.45, 7) is 3.28. The van der Waals surface area contributed by atoms with Crippen LogP contribution < -0.4 is 0 Å². The Balaban J connectivity index is 2.33. The molecule has 1 aliphatic rings. The lowest BCUT2D eigenvalue weighted by Crippen LogP contribution is -2.55. The number of carbonyl (C=O) groups excluding carboxylic acids is 1. The van der Waals surface area contributed by atoms with E-state index in [-0.39, 0.29) is 6.61 Å². The number of fused-ring (bicyclic) bond motifs is 1. The average Bonchev–Trinajstić information content (AvgIpc) is 2.93. The van der Waals surface area contributed by atoms with Crippen LogP contribution in [-0.4, -0.2) is 26.2 Å². The Labute approximate surface area is 127 Å². The first kappa shape index (κ1) is 14.1. The van der Waals surface area contributed by atoms with Crippen molar-refractivity contribution in [3.8, 4) is 0 Å². The third kappa shape index (κ3) is 1.81. The minimum atomic E-state index is -1.17. The van der Waals surface area contributed by atoms with Gasteiger partial charge in [0.1, 0.15) is 5.60 Å². The number of benzene rings is 1. The van der Waals surface area contributed by atoms with Crippen LogP contribution in [0.3, 0.4) is 0 Å². The number of esters is 1. The van der Waals surface area contributed by atoms with Crippen molar-refractivity contribution in [1.82, 2.24) is 9.55 Å². The number of aliphatic hydroxyl groups excluding tert-OH is 1. The van der Waals surface area contributed by atoms with E-state index in [9.17, 15) is 9.90 Å². The number of aromatic nitrogens is 2. The molecule has 21 heavy (non-hydrogen) atoms. The summed E-state index contributed by atoms with van der Waals surface area (Å²) in [5.41, 5.74) is 0.598. The molecule has 0 saturated carbocycles. The van der Waals surface area contributed by atoms with E-state index in [1.54, 1.807) is 42.8 Å². The molecule has 2 aromatic rings. The van der Waals surface area contributed by atoms with E-state index < -0.39 is 16.6 Å². The van der Waals surface area contributed by atoms with Gasteiger partial charge in [-0.15, -0.1) is 0 Å². The SMILES string of the molecule is CC1(C)OC(=O)c2ccccc2[C@@]1(Cl)n1cncc1CO. The number of halogens is 1. The summed E-state index contributed by atoms with van der Waals surface area (Å²) in [5, 5.41) is 9.50.